The number of piperidine rings is 1. The number of rotatable bonds is 5. The molecule has 1 amide bonds. The molecule has 0 saturated carbocycles. The van der Waals surface area contributed by atoms with E-state index in [1.807, 2.05) is 30.3 Å². The maximum absolute atomic E-state index is 12.9. The summed E-state index contributed by atoms with van der Waals surface area (Å²) in [6.07, 6.45) is 1.82. The van der Waals surface area contributed by atoms with E-state index >= 15 is 0 Å². The summed E-state index contributed by atoms with van der Waals surface area (Å²) < 4.78 is 10.8. The van der Waals surface area contributed by atoms with Gasteiger partial charge in [-0.3, -0.25) is 4.79 Å². The molecule has 3 aromatic rings. The van der Waals surface area contributed by atoms with E-state index in [2.05, 4.69) is 52.5 Å². The van der Waals surface area contributed by atoms with E-state index in [0.29, 0.717) is 13.1 Å². The second-order valence-electron chi connectivity index (χ2n) is 8.77. The first kappa shape index (κ1) is 21.2. The van der Waals surface area contributed by atoms with Crippen LogP contribution in [-0.4, -0.2) is 36.0 Å². The summed E-state index contributed by atoms with van der Waals surface area (Å²) in [5.41, 5.74) is 5.42. The standard InChI is InChI=1S/C26H28N4O3/c1-17-5-7-20(12-18(17)2)22-8-10-25(29-28-22)30-11-3-4-21(15-30)26(31)27-14-19-6-9-23-24(13-19)33-16-32-23/h5-10,12-13,21H,3-4,11,14-16H2,1-2H3,(H,27,31)/t21-/m1/s1. The highest BCUT2D eigenvalue weighted by atomic mass is 16.7. The molecule has 2 aromatic carbocycles. The van der Waals surface area contributed by atoms with Gasteiger partial charge in [-0.1, -0.05) is 18.2 Å². The SMILES string of the molecule is Cc1ccc(-c2ccc(N3CCC[C@@H](C(=O)NCc4ccc5c(c4)OCO5)C3)nn2)cc1C. The minimum absolute atomic E-state index is 0.0667. The first-order chi connectivity index (χ1) is 16.1. The highest BCUT2D eigenvalue weighted by molar-refractivity contribution is 5.79. The largest absolute Gasteiger partial charge is 0.454 e. The topological polar surface area (TPSA) is 76.6 Å². The van der Waals surface area contributed by atoms with Crippen molar-refractivity contribution >= 4 is 11.7 Å². The fourth-order valence-corrected chi connectivity index (χ4v) is 4.33. The van der Waals surface area contributed by atoms with Crippen molar-refractivity contribution in [3.8, 4) is 22.8 Å². The van der Waals surface area contributed by atoms with E-state index in [1.165, 1.54) is 11.1 Å². The maximum atomic E-state index is 12.9. The predicted molar refractivity (Wildman–Crippen MR) is 126 cm³/mol. The molecule has 7 nitrogen and oxygen atoms in total. The third-order valence-corrected chi connectivity index (χ3v) is 6.47. The van der Waals surface area contributed by atoms with Crippen LogP contribution in [0.5, 0.6) is 11.5 Å². The van der Waals surface area contributed by atoms with Crippen molar-refractivity contribution in [1.82, 2.24) is 15.5 Å². The minimum atomic E-state index is -0.0750. The van der Waals surface area contributed by atoms with Crippen LogP contribution in [0.15, 0.2) is 48.5 Å². The lowest BCUT2D eigenvalue weighted by atomic mass is 9.97. The third kappa shape index (κ3) is 4.62. The zero-order valence-corrected chi connectivity index (χ0v) is 19.0. The van der Waals surface area contributed by atoms with Crippen molar-refractivity contribution in [3.63, 3.8) is 0 Å². The molecule has 0 unspecified atom stereocenters. The Kier molecular flexibility index (Phi) is 5.86. The molecule has 2 aliphatic rings. The highest BCUT2D eigenvalue weighted by Crippen LogP contribution is 2.32. The van der Waals surface area contributed by atoms with E-state index in [9.17, 15) is 4.79 Å². The van der Waals surface area contributed by atoms with Crippen molar-refractivity contribution < 1.29 is 14.3 Å². The van der Waals surface area contributed by atoms with E-state index in [-0.39, 0.29) is 18.6 Å². The van der Waals surface area contributed by atoms with Gasteiger partial charge in [0, 0.05) is 25.2 Å². The summed E-state index contributed by atoms with van der Waals surface area (Å²) in [6.45, 7) is 6.44. The van der Waals surface area contributed by atoms with E-state index in [0.717, 1.165) is 53.5 Å². The number of anilines is 1. The first-order valence-electron chi connectivity index (χ1n) is 11.4. The van der Waals surface area contributed by atoms with Gasteiger partial charge in [-0.15, -0.1) is 10.2 Å². The highest BCUT2D eigenvalue weighted by Gasteiger charge is 2.27. The Hall–Kier alpha value is -3.61. The molecule has 1 fully saturated rings. The number of benzene rings is 2. The molecule has 1 N–H and O–H groups in total. The molecule has 0 spiro atoms. The van der Waals surface area contributed by atoms with Crippen molar-refractivity contribution in [3.05, 3.63) is 65.2 Å². The number of aryl methyl sites for hydroxylation is 2. The Morgan fingerprint density at radius 1 is 1.03 bits per heavy atom. The third-order valence-electron chi connectivity index (χ3n) is 6.47. The van der Waals surface area contributed by atoms with Crippen molar-refractivity contribution in [2.24, 2.45) is 5.92 Å². The molecule has 170 valence electrons. The molecular formula is C26H28N4O3. The lowest BCUT2D eigenvalue weighted by Gasteiger charge is -2.32. The van der Waals surface area contributed by atoms with Gasteiger partial charge in [0.15, 0.2) is 17.3 Å². The number of fused-ring (bicyclic) bond motifs is 1. The smallest absolute Gasteiger partial charge is 0.231 e. The van der Waals surface area contributed by atoms with Gasteiger partial charge in [0.05, 0.1) is 11.6 Å². The van der Waals surface area contributed by atoms with Crippen LogP contribution in [0.1, 0.15) is 29.5 Å². The molecule has 2 aliphatic heterocycles. The van der Waals surface area contributed by atoms with Gasteiger partial charge in [-0.2, -0.15) is 0 Å². The quantitative estimate of drug-likeness (QED) is 0.641. The Balaban J connectivity index is 1.20. The van der Waals surface area contributed by atoms with Crippen LogP contribution in [0.2, 0.25) is 0 Å². The molecule has 1 aromatic heterocycles. The molecule has 33 heavy (non-hydrogen) atoms. The van der Waals surface area contributed by atoms with Crippen LogP contribution >= 0.6 is 0 Å². The van der Waals surface area contributed by atoms with E-state index in [4.69, 9.17) is 9.47 Å². The number of nitrogens with one attached hydrogen (secondary N) is 1. The average Bonchev–Trinajstić information content (AvgIpc) is 3.32. The zero-order chi connectivity index (χ0) is 22.8. The van der Waals surface area contributed by atoms with Crippen LogP contribution < -0.4 is 19.7 Å². The molecule has 7 heteroatoms. The molecule has 0 bridgehead atoms. The summed E-state index contributed by atoms with van der Waals surface area (Å²) in [5.74, 6) is 2.29. The number of ether oxygens (including phenoxy) is 2. The summed E-state index contributed by atoms with van der Waals surface area (Å²) in [5, 5.41) is 12.0. The molecule has 5 rings (SSSR count). The van der Waals surface area contributed by atoms with Gasteiger partial charge in [0.2, 0.25) is 12.7 Å². The number of carbonyl (C=O) groups is 1. The van der Waals surface area contributed by atoms with Gasteiger partial charge in [-0.05, 0) is 73.7 Å². The van der Waals surface area contributed by atoms with Crippen LogP contribution in [0, 0.1) is 19.8 Å². The van der Waals surface area contributed by atoms with Crippen molar-refractivity contribution in [1.29, 1.82) is 0 Å². The fourth-order valence-electron chi connectivity index (χ4n) is 4.33. The van der Waals surface area contributed by atoms with Crippen LogP contribution in [0.4, 0.5) is 5.82 Å². The maximum Gasteiger partial charge on any atom is 0.231 e. The number of hydrogen-bond acceptors (Lipinski definition) is 6. The van der Waals surface area contributed by atoms with Crippen LogP contribution in [0.25, 0.3) is 11.3 Å². The minimum Gasteiger partial charge on any atom is -0.454 e. The molecule has 1 atom stereocenters. The molecular weight excluding hydrogens is 416 g/mol. The van der Waals surface area contributed by atoms with Gasteiger partial charge in [-0.25, -0.2) is 0 Å². The van der Waals surface area contributed by atoms with Crippen LogP contribution in [-0.2, 0) is 11.3 Å². The number of hydrogen-bond donors (Lipinski definition) is 1. The van der Waals surface area contributed by atoms with E-state index < -0.39 is 0 Å². The summed E-state index contributed by atoms with van der Waals surface area (Å²) in [6, 6.07) is 16.1. The first-order valence-corrected chi connectivity index (χ1v) is 11.4. The van der Waals surface area contributed by atoms with Crippen molar-refractivity contribution in [2.45, 2.75) is 33.2 Å². The average molecular weight is 445 g/mol. The lowest BCUT2D eigenvalue weighted by Crippen LogP contribution is -2.43. The Morgan fingerprint density at radius 2 is 1.91 bits per heavy atom. The van der Waals surface area contributed by atoms with Gasteiger partial charge in [0.25, 0.3) is 0 Å². The monoisotopic (exact) mass is 444 g/mol. The Labute approximate surface area is 193 Å². The summed E-state index contributed by atoms with van der Waals surface area (Å²) >= 11 is 0. The second-order valence-corrected chi connectivity index (χ2v) is 8.77. The number of amides is 1. The number of aromatic nitrogens is 2. The normalized spacial score (nSPS) is 17.2. The number of carbonyl (C=O) groups excluding carboxylic acids is 1. The predicted octanol–water partition coefficient (Wildman–Crippen LogP) is 4.02. The lowest BCUT2D eigenvalue weighted by molar-refractivity contribution is -0.125. The van der Waals surface area contributed by atoms with E-state index in [1.54, 1.807) is 0 Å². The van der Waals surface area contributed by atoms with Crippen molar-refractivity contribution in [2.75, 3.05) is 24.8 Å². The fraction of sp³-hybridized carbons (Fsp3) is 0.346. The molecule has 0 aliphatic carbocycles. The summed E-state index contributed by atoms with van der Waals surface area (Å²) in [7, 11) is 0. The second kappa shape index (κ2) is 9.10. The Morgan fingerprint density at radius 3 is 2.73 bits per heavy atom. The van der Waals surface area contributed by atoms with Gasteiger partial charge < -0.3 is 19.7 Å². The molecule has 3 heterocycles. The zero-order valence-electron chi connectivity index (χ0n) is 19.0. The molecule has 1 saturated heterocycles. The number of nitrogens with zero attached hydrogens (tertiary/aromatic N) is 3. The van der Waals surface area contributed by atoms with Gasteiger partial charge in [0.1, 0.15) is 0 Å². The Bertz CT molecular complexity index is 1160. The van der Waals surface area contributed by atoms with Gasteiger partial charge >= 0.3 is 0 Å². The molecule has 0 radical (unpaired) electrons. The summed E-state index contributed by atoms with van der Waals surface area (Å²) in [4.78, 5) is 15.0. The van der Waals surface area contributed by atoms with Crippen LogP contribution in [0.3, 0.4) is 0 Å².